The summed E-state index contributed by atoms with van der Waals surface area (Å²) in [6.45, 7) is 0. The smallest absolute Gasteiger partial charge is 0.276 e. The van der Waals surface area contributed by atoms with E-state index in [2.05, 4.69) is 20.4 Å². The highest BCUT2D eigenvalue weighted by molar-refractivity contribution is 7.14. The van der Waals surface area contributed by atoms with E-state index in [9.17, 15) is 4.79 Å². The lowest BCUT2D eigenvalue weighted by Gasteiger charge is -2.06. The Morgan fingerprint density at radius 3 is 3.05 bits per heavy atom. The number of benzene rings is 1. The fourth-order valence-corrected chi connectivity index (χ4v) is 2.74. The number of para-hydroxylation sites is 1. The monoisotopic (exact) mass is 295 g/mol. The van der Waals surface area contributed by atoms with Gasteiger partial charge in [0.1, 0.15) is 11.2 Å². The summed E-state index contributed by atoms with van der Waals surface area (Å²) < 4.78 is 1.58. The highest BCUT2D eigenvalue weighted by atomic mass is 32.1. The number of hydrogen-bond donors (Lipinski definition) is 1. The molecule has 0 unspecified atom stereocenters. The van der Waals surface area contributed by atoms with Crippen molar-refractivity contribution in [2.75, 3.05) is 5.32 Å². The number of imidazole rings is 1. The number of anilines is 1. The first-order valence-corrected chi connectivity index (χ1v) is 7.13. The summed E-state index contributed by atoms with van der Waals surface area (Å²) in [6.07, 6.45) is 3.31. The van der Waals surface area contributed by atoms with Crippen LogP contribution in [0.2, 0.25) is 0 Å². The molecule has 0 saturated carbocycles. The molecule has 0 atom stereocenters. The minimum Gasteiger partial charge on any atom is -0.319 e. The van der Waals surface area contributed by atoms with E-state index in [4.69, 9.17) is 0 Å². The standard InChI is InChI=1S/C14H9N5OS/c20-13(11-7-19-14(18-11)21-8-16-19)17-10-5-1-3-9-4-2-6-15-12(9)10/h1-8H,(H,17,20). The minimum atomic E-state index is -0.272. The third kappa shape index (κ3) is 2.03. The lowest BCUT2D eigenvalue weighted by molar-refractivity contribution is 0.102. The van der Waals surface area contributed by atoms with Crippen LogP contribution in [0.25, 0.3) is 15.9 Å². The highest BCUT2D eigenvalue weighted by Crippen LogP contribution is 2.21. The van der Waals surface area contributed by atoms with E-state index in [1.807, 2.05) is 30.3 Å². The second-order valence-corrected chi connectivity index (χ2v) is 5.24. The van der Waals surface area contributed by atoms with Gasteiger partial charge in [0.05, 0.1) is 17.4 Å². The molecule has 0 saturated heterocycles. The quantitative estimate of drug-likeness (QED) is 0.617. The molecule has 6 nitrogen and oxygen atoms in total. The molecule has 4 aromatic rings. The van der Waals surface area contributed by atoms with Crippen molar-refractivity contribution in [3.05, 3.63) is 53.9 Å². The maximum atomic E-state index is 12.3. The van der Waals surface area contributed by atoms with Gasteiger partial charge in [-0.2, -0.15) is 5.10 Å². The molecule has 1 amide bonds. The van der Waals surface area contributed by atoms with Gasteiger partial charge in [-0.15, -0.1) is 0 Å². The molecule has 0 aliphatic carbocycles. The highest BCUT2D eigenvalue weighted by Gasteiger charge is 2.13. The topological polar surface area (TPSA) is 72.2 Å². The Bertz CT molecular complexity index is 924. The van der Waals surface area contributed by atoms with Crippen molar-refractivity contribution in [2.45, 2.75) is 0 Å². The molecule has 0 fully saturated rings. The summed E-state index contributed by atoms with van der Waals surface area (Å²) in [4.78, 5) is 21.5. The van der Waals surface area contributed by atoms with Gasteiger partial charge in [0.2, 0.25) is 4.96 Å². The predicted octanol–water partition coefficient (Wildman–Crippen LogP) is 2.59. The van der Waals surface area contributed by atoms with Gasteiger partial charge in [-0.05, 0) is 12.1 Å². The first kappa shape index (κ1) is 12.0. The molecule has 0 spiro atoms. The lowest BCUT2D eigenvalue weighted by Crippen LogP contribution is -2.12. The number of carbonyl (C=O) groups excluding carboxylic acids is 1. The maximum absolute atomic E-state index is 12.3. The van der Waals surface area contributed by atoms with Crippen molar-refractivity contribution in [1.29, 1.82) is 0 Å². The Morgan fingerprint density at radius 1 is 1.24 bits per heavy atom. The van der Waals surface area contributed by atoms with Crippen LogP contribution in [-0.4, -0.2) is 25.5 Å². The molecule has 4 rings (SSSR count). The van der Waals surface area contributed by atoms with Crippen LogP contribution in [0.4, 0.5) is 5.69 Å². The number of fused-ring (bicyclic) bond motifs is 2. The molecule has 102 valence electrons. The summed E-state index contributed by atoms with van der Waals surface area (Å²) in [7, 11) is 0. The number of pyridine rings is 1. The molecule has 3 aromatic heterocycles. The van der Waals surface area contributed by atoms with Gasteiger partial charge in [-0.3, -0.25) is 9.78 Å². The average Bonchev–Trinajstić information content (AvgIpc) is 3.09. The summed E-state index contributed by atoms with van der Waals surface area (Å²) in [6, 6.07) is 9.48. The van der Waals surface area contributed by atoms with E-state index in [0.29, 0.717) is 16.3 Å². The van der Waals surface area contributed by atoms with Gasteiger partial charge in [-0.1, -0.05) is 29.5 Å². The first-order chi connectivity index (χ1) is 10.3. The van der Waals surface area contributed by atoms with Gasteiger partial charge < -0.3 is 5.32 Å². The minimum absolute atomic E-state index is 0.272. The van der Waals surface area contributed by atoms with E-state index in [0.717, 1.165) is 10.9 Å². The molecule has 7 heteroatoms. The van der Waals surface area contributed by atoms with Crippen LogP contribution in [0.15, 0.2) is 48.2 Å². The zero-order valence-electron chi connectivity index (χ0n) is 10.7. The van der Waals surface area contributed by atoms with E-state index >= 15 is 0 Å². The van der Waals surface area contributed by atoms with E-state index < -0.39 is 0 Å². The molecule has 1 N–H and O–H groups in total. The molecule has 0 aliphatic rings. The maximum Gasteiger partial charge on any atom is 0.276 e. The number of carbonyl (C=O) groups is 1. The van der Waals surface area contributed by atoms with Crippen molar-refractivity contribution in [2.24, 2.45) is 0 Å². The predicted molar refractivity (Wildman–Crippen MR) is 80.6 cm³/mol. The molecule has 0 aliphatic heterocycles. The SMILES string of the molecule is O=C(Nc1cccc2cccnc12)c1cn2ncsc2n1. The van der Waals surface area contributed by atoms with Crippen molar-refractivity contribution < 1.29 is 4.79 Å². The molecular formula is C14H9N5OS. The molecule has 0 radical (unpaired) electrons. The van der Waals surface area contributed by atoms with Gasteiger partial charge >= 0.3 is 0 Å². The van der Waals surface area contributed by atoms with Crippen LogP contribution >= 0.6 is 11.3 Å². The Morgan fingerprint density at radius 2 is 2.14 bits per heavy atom. The third-order valence-electron chi connectivity index (χ3n) is 3.10. The van der Waals surface area contributed by atoms with Crippen LogP contribution in [-0.2, 0) is 0 Å². The summed E-state index contributed by atoms with van der Waals surface area (Å²) in [5.41, 5.74) is 3.44. The normalized spacial score (nSPS) is 11.0. The average molecular weight is 295 g/mol. The molecule has 1 aromatic carbocycles. The molecule has 0 bridgehead atoms. The zero-order chi connectivity index (χ0) is 14.2. The van der Waals surface area contributed by atoms with E-state index in [-0.39, 0.29) is 5.91 Å². The Labute approximate surface area is 123 Å². The summed E-state index contributed by atoms with van der Waals surface area (Å²) in [5, 5.41) is 7.89. The summed E-state index contributed by atoms with van der Waals surface area (Å²) >= 11 is 1.38. The Hall–Kier alpha value is -2.80. The molecule has 3 heterocycles. The van der Waals surface area contributed by atoms with Gasteiger partial charge in [0.25, 0.3) is 5.91 Å². The number of aromatic nitrogens is 4. The van der Waals surface area contributed by atoms with Crippen LogP contribution in [0.5, 0.6) is 0 Å². The van der Waals surface area contributed by atoms with Crippen LogP contribution in [0.1, 0.15) is 10.5 Å². The fraction of sp³-hybridized carbons (Fsp3) is 0. The van der Waals surface area contributed by atoms with Gasteiger partial charge in [0, 0.05) is 11.6 Å². The van der Waals surface area contributed by atoms with E-state index in [1.165, 1.54) is 11.3 Å². The van der Waals surface area contributed by atoms with Crippen LogP contribution < -0.4 is 5.32 Å². The van der Waals surface area contributed by atoms with Gasteiger partial charge in [0.15, 0.2) is 0 Å². The number of amides is 1. The summed E-state index contributed by atoms with van der Waals surface area (Å²) in [5.74, 6) is -0.272. The largest absolute Gasteiger partial charge is 0.319 e. The number of nitrogens with zero attached hydrogens (tertiary/aromatic N) is 4. The third-order valence-corrected chi connectivity index (χ3v) is 3.79. The number of rotatable bonds is 2. The number of nitrogens with one attached hydrogen (secondary N) is 1. The second-order valence-electron chi connectivity index (χ2n) is 4.43. The fourth-order valence-electron chi connectivity index (χ4n) is 2.14. The van der Waals surface area contributed by atoms with Crippen molar-refractivity contribution in [1.82, 2.24) is 19.6 Å². The Kier molecular flexibility index (Phi) is 2.65. The zero-order valence-corrected chi connectivity index (χ0v) is 11.5. The molecule has 21 heavy (non-hydrogen) atoms. The Balaban J connectivity index is 1.71. The first-order valence-electron chi connectivity index (χ1n) is 6.25. The molecular weight excluding hydrogens is 286 g/mol. The van der Waals surface area contributed by atoms with Crippen molar-refractivity contribution in [3.8, 4) is 0 Å². The lowest BCUT2D eigenvalue weighted by atomic mass is 10.2. The van der Waals surface area contributed by atoms with E-state index in [1.54, 1.807) is 22.4 Å². The van der Waals surface area contributed by atoms with Crippen LogP contribution in [0, 0.1) is 0 Å². The van der Waals surface area contributed by atoms with Crippen LogP contribution in [0.3, 0.4) is 0 Å². The van der Waals surface area contributed by atoms with Crippen molar-refractivity contribution >= 4 is 38.8 Å². The van der Waals surface area contributed by atoms with Gasteiger partial charge in [-0.25, -0.2) is 9.50 Å². The number of hydrogen-bond acceptors (Lipinski definition) is 5. The second kappa shape index (κ2) is 4.64. The van der Waals surface area contributed by atoms with Crippen molar-refractivity contribution in [3.63, 3.8) is 0 Å².